The van der Waals surface area contributed by atoms with E-state index in [0.717, 1.165) is 17.5 Å². The Kier molecular flexibility index (Phi) is 5.60. The third kappa shape index (κ3) is 4.03. The predicted molar refractivity (Wildman–Crippen MR) is 103 cm³/mol. The molecule has 0 spiro atoms. The zero-order valence-electron chi connectivity index (χ0n) is 15.7. The van der Waals surface area contributed by atoms with Crippen LogP contribution >= 0.6 is 0 Å². The van der Waals surface area contributed by atoms with Crippen molar-refractivity contribution in [2.24, 2.45) is 0 Å². The molecule has 0 saturated heterocycles. The Balaban J connectivity index is 2.17. The van der Waals surface area contributed by atoms with Crippen LogP contribution in [0.15, 0.2) is 57.7 Å². The van der Waals surface area contributed by atoms with Gasteiger partial charge in [-0.1, -0.05) is 43.7 Å². The minimum atomic E-state index is -0.914. The van der Waals surface area contributed by atoms with Crippen LogP contribution in [-0.4, -0.2) is 13.1 Å². The second kappa shape index (κ2) is 8.08. The van der Waals surface area contributed by atoms with Gasteiger partial charge in [-0.2, -0.15) is 0 Å². The van der Waals surface area contributed by atoms with Crippen molar-refractivity contribution >= 4 is 16.9 Å². The highest BCUT2D eigenvalue weighted by Crippen LogP contribution is 2.34. The lowest BCUT2D eigenvalue weighted by atomic mass is 10.0. The topological polar surface area (TPSA) is 65.7 Å². The first-order chi connectivity index (χ1) is 13.0. The zero-order chi connectivity index (χ0) is 19.4. The van der Waals surface area contributed by atoms with Gasteiger partial charge in [-0.25, -0.2) is 9.59 Å². The summed E-state index contributed by atoms with van der Waals surface area (Å²) in [5.41, 5.74) is 2.46. The van der Waals surface area contributed by atoms with E-state index in [4.69, 9.17) is 13.9 Å². The van der Waals surface area contributed by atoms with Crippen LogP contribution in [-0.2, 0) is 16.0 Å². The molecule has 1 atom stereocenters. The number of methoxy groups -OCH3 is 1. The molecular weight excluding hydrogens is 344 g/mol. The first-order valence-electron chi connectivity index (χ1n) is 8.90. The van der Waals surface area contributed by atoms with E-state index in [0.29, 0.717) is 28.7 Å². The Hall–Kier alpha value is -3.08. The van der Waals surface area contributed by atoms with E-state index in [9.17, 15) is 9.59 Å². The smallest absolute Gasteiger partial charge is 0.351 e. The van der Waals surface area contributed by atoms with Crippen LogP contribution in [0.4, 0.5) is 0 Å². The Morgan fingerprint density at radius 2 is 1.89 bits per heavy atom. The van der Waals surface area contributed by atoms with E-state index in [1.165, 1.54) is 13.2 Å². The molecular formula is C22H22O5. The van der Waals surface area contributed by atoms with Crippen LogP contribution in [0.3, 0.4) is 0 Å². The van der Waals surface area contributed by atoms with E-state index < -0.39 is 17.7 Å². The van der Waals surface area contributed by atoms with Gasteiger partial charge < -0.3 is 13.9 Å². The fourth-order valence-corrected chi connectivity index (χ4v) is 3.14. The molecule has 5 heteroatoms. The number of rotatable bonds is 6. The average molecular weight is 366 g/mol. The highest BCUT2D eigenvalue weighted by molar-refractivity contribution is 5.88. The van der Waals surface area contributed by atoms with Gasteiger partial charge in [-0.15, -0.1) is 0 Å². The number of fused-ring (bicyclic) bond motifs is 1. The van der Waals surface area contributed by atoms with Gasteiger partial charge in [0.25, 0.3) is 0 Å². The summed E-state index contributed by atoms with van der Waals surface area (Å²) in [6.07, 6.45) is 0.656. The van der Waals surface area contributed by atoms with E-state index in [2.05, 4.69) is 0 Å². The van der Waals surface area contributed by atoms with Crippen molar-refractivity contribution in [1.82, 2.24) is 0 Å². The molecule has 0 aliphatic heterocycles. The second-order valence-electron chi connectivity index (χ2n) is 6.41. The van der Waals surface area contributed by atoms with Gasteiger partial charge in [-0.05, 0) is 36.6 Å². The second-order valence-corrected chi connectivity index (χ2v) is 6.41. The summed E-state index contributed by atoms with van der Waals surface area (Å²) in [6, 6.07) is 14.3. The number of hydrogen-bond donors (Lipinski definition) is 0. The number of carbonyl (C=O) groups is 1. The Morgan fingerprint density at radius 1 is 1.15 bits per heavy atom. The molecule has 27 heavy (non-hydrogen) atoms. The highest BCUT2D eigenvalue weighted by Gasteiger charge is 2.25. The van der Waals surface area contributed by atoms with Crippen molar-refractivity contribution in [1.29, 1.82) is 0 Å². The summed E-state index contributed by atoms with van der Waals surface area (Å²) in [5.74, 6) is 0.00161. The molecule has 0 amide bonds. The third-order valence-corrected chi connectivity index (χ3v) is 4.32. The fourth-order valence-electron chi connectivity index (χ4n) is 3.14. The molecule has 1 heterocycles. The van der Waals surface area contributed by atoms with Crippen molar-refractivity contribution in [2.75, 3.05) is 7.11 Å². The molecule has 140 valence electrons. The first kappa shape index (κ1) is 18.7. The van der Waals surface area contributed by atoms with Gasteiger partial charge >= 0.3 is 11.6 Å². The summed E-state index contributed by atoms with van der Waals surface area (Å²) in [7, 11) is 1.33. The summed E-state index contributed by atoms with van der Waals surface area (Å²) in [6.45, 7) is 3.92. The molecule has 3 rings (SSSR count). The number of ether oxygens (including phenoxy) is 2. The molecule has 0 bridgehead atoms. The van der Waals surface area contributed by atoms with E-state index in [1.54, 1.807) is 6.07 Å². The van der Waals surface area contributed by atoms with Crippen molar-refractivity contribution in [2.45, 2.75) is 32.8 Å². The van der Waals surface area contributed by atoms with Crippen LogP contribution in [0, 0.1) is 6.92 Å². The van der Waals surface area contributed by atoms with Crippen molar-refractivity contribution in [3.63, 3.8) is 0 Å². The van der Waals surface area contributed by atoms with Gasteiger partial charge in [0.2, 0.25) is 6.10 Å². The van der Waals surface area contributed by atoms with Crippen LogP contribution in [0.25, 0.3) is 11.0 Å². The summed E-state index contributed by atoms with van der Waals surface area (Å²) in [5, 5.41) is 0.715. The molecule has 0 aliphatic carbocycles. The fraction of sp³-hybridized carbons (Fsp3) is 0.273. The monoisotopic (exact) mass is 366 g/mol. The van der Waals surface area contributed by atoms with Gasteiger partial charge in [-0.3, -0.25) is 0 Å². The predicted octanol–water partition coefficient (Wildman–Crippen LogP) is 4.35. The van der Waals surface area contributed by atoms with E-state index in [1.807, 2.05) is 50.2 Å². The molecule has 3 aromatic rings. The summed E-state index contributed by atoms with van der Waals surface area (Å²) in [4.78, 5) is 24.3. The van der Waals surface area contributed by atoms with E-state index in [-0.39, 0.29) is 0 Å². The maximum Gasteiger partial charge on any atom is 0.351 e. The molecule has 5 nitrogen and oxygen atoms in total. The van der Waals surface area contributed by atoms with Crippen molar-refractivity contribution in [3.8, 4) is 5.75 Å². The first-order valence-corrected chi connectivity index (χ1v) is 8.90. The van der Waals surface area contributed by atoms with Crippen LogP contribution in [0.5, 0.6) is 5.75 Å². The van der Waals surface area contributed by atoms with Crippen LogP contribution in [0.2, 0.25) is 0 Å². The standard InChI is InChI=1S/C22H22O5/c1-4-8-16-13-19(23)26-17-11-14(2)12-18(20(16)17)27-21(22(24)25-3)15-9-6-5-7-10-15/h5-7,9-13,21H,4,8H2,1-3H3. The average Bonchev–Trinajstić information content (AvgIpc) is 2.65. The number of esters is 1. The Bertz CT molecular complexity index is 1000. The van der Waals surface area contributed by atoms with Crippen molar-refractivity contribution < 1.29 is 18.7 Å². The minimum Gasteiger partial charge on any atom is -0.473 e. The number of hydrogen-bond acceptors (Lipinski definition) is 5. The molecule has 1 unspecified atom stereocenters. The Labute approximate surface area is 157 Å². The van der Waals surface area contributed by atoms with Gasteiger partial charge in [0.15, 0.2) is 0 Å². The van der Waals surface area contributed by atoms with Gasteiger partial charge in [0, 0.05) is 11.6 Å². The number of benzene rings is 2. The SMILES string of the molecule is CCCc1cc(=O)oc2cc(C)cc(OC(C(=O)OC)c3ccccc3)c12. The van der Waals surface area contributed by atoms with Crippen LogP contribution < -0.4 is 10.4 Å². The minimum absolute atomic E-state index is 0.393. The summed E-state index contributed by atoms with van der Waals surface area (Å²) >= 11 is 0. The quantitative estimate of drug-likeness (QED) is 0.479. The number of aryl methyl sites for hydroxylation is 2. The Morgan fingerprint density at radius 3 is 2.56 bits per heavy atom. The molecule has 1 aromatic heterocycles. The number of carbonyl (C=O) groups excluding carboxylic acids is 1. The lowest BCUT2D eigenvalue weighted by Crippen LogP contribution is -2.20. The summed E-state index contributed by atoms with van der Waals surface area (Å²) < 4.78 is 16.5. The normalized spacial score (nSPS) is 12.0. The van der Waals surface area contributed by atoms with E-state index >= 15 is 0 Å². The van der Waals surface area contributed by atoms with Crippen molar-refractivity contribution in [3.05, 3.63) is 75.6 Å². The molecule has 0 fully saturated rings. The molecule has 0 radical (unpaired) electrons. The highest BCUT2D eigenvalue weighted by atomic mass is 16.6. The molecule has 0 N–H and O–H groups in total. The molecule has 2 aromatic carbocycles. The largest absolute Gasteiger partial charge is 0.473 e. The lowest BCUT2D eigenvalue weighted by Gasteiger charge is -2.19. The van der Waals surface area contributed by atoms with Crippen LogP contribution in [0.1, 0.15) is 36.1 Å². The third-order valence-electron chi connectivity index (χ3n) is 4.32. The zero-order valence-corrected chi connectivity index (χ0v) is 15.7. The van der Waals surface area contributed by atoms with Gasteiger partial charge in [0.05, 0.1) is 12.5 Å². The molecule has 0 saturated carbocycles. The molecule has 0 aliphatic rings. The maximum absolute atomic E-state index is 12.4. The van der Waals surface area contributed by atoms with Gasteiger partial charge in [0.1, 0.15) is 11.3 Å². The lowest BCUT2D eigenvalue weighted by molar-refractivity contribution is -0.149. The maximum atomic E-state index is 12.4.